The van der Waals surface area contributed by atoms with Gasteiger partial charge >= 0.3 is 11.9 Å². The van der Waals surface area contributed by atoms with E-state index in [1.807, 2.05) is 0 Å². The number of ketones is 1. The van der Waals surface area contributed by atoms with Crippen molar-refractivity contribution in [2.24, 2.45) is 0 Å². The summed E-state index contributed by atoms with van der Waals surface area (Å²) in [4.78, 5) is 43.1. The van der Waals surface area contributed by atoms with Gasteiger partial charge in [0.25, 0.3) is 5.78 Å². The molecule has 1 aliphatic rings. The Labute approximate surface area is 182 Å². The summed E-state index contributed by atoms with van der Waals surface area (Å²) < 4.78 is 18.1. The van der Waals surface area contributed by atoms with Crippen LogP contribution in [0.4, 0.5) is 10.2 Å². The molecular weight excluding hydrogens is 415 g/mol. The van der Waals surface area contributed by atoms with Crippen LogP contribution in [0.1, 0.15) is 27.5 Å². The van der Waals surface area contributed by atoms with E-state index in [9.17, 15) is 23.9 Å². The second-order valence-corrected chi connectivity index (χ2v) is 6.98. The highest BCUT2D eigenvalue weighted by atomic mass is 19.1. The van der Waals surface area contributed by atoms with E-state index < -0.39 is 35.3 Å². The predicted molar refractivity (Wildman–Crippen MR) is 113 cm³/mol. The maximum Gasteiger partial charge on any atom is 0.337 e. The number of aromatic nitrogens is 1. The topological polar surface area (TPSA) is 96.8 Å². The zero-order valence-corrected chi connectivity index (χ0v) is 16.9. The molecule has 1 aromatic heterocycles. The lowest BCUT2D eigenvalue weighted by molar-refractivity contribution is -0.132. The molecule has 0 saturated carbocycles. The van der Waals surface area contributed by atoms with Gasteiger partial charge in [0, 0.05) is 11.8 Å². The summed E-state index contributed by atoms with van der Waals surface area (Å²) in [6.07, 6.45) is 1.48. The SMILES string of the molecule is COC(=O)c1ccc([C@@H]2/C(=C(\O)c3ccc(F)cc3)C(=O)C(=O)N2c2ccccn2)cc1. The first-order valence-corrected chi connectivity index (χ1v) is 9.58. The Bertz CT molecular complexity index is 1220. The zero-order chi connectivity index (χ0) is 22.8. The Hall–Kier alpha value is -4.33. The van der Waals surface area contributed by atoms with E-state index in [2.05, 4.69) is 4.98 Å². The number of rotatable bonds is 4. The molecule has 1 atom stereocenters. The molecule has 1 N–H and O–H groups in total. The van der Waals surface area contributed by atoms with Gasteiger partial charge in [0.05, 0.1) is 24.3 Å². The molecule has 32 heavy (non-hydrogen) atoms. The minimum Gasteiger partial charge on any atom is -0.507 e. The van der Waals surface area contributed by atoms with Gasteiger partial charge in [-0.15, -0.1) is 0 Å². The highest BCUT2D eigenvalue weighted by Gasteiger charge is 2.47. The van der Waals surface area contributed by atoms with Crippen LogP contribution < -0.4 is 4.90 Å². The third-order valence-electron chi connectivity index (χ3n) is 5.11. The van der Waals surface area contributed by atoms with Crippen LogP contribution in [0.3, 0.4) is 0 Å². The van der Waals surface area contributed by atoms with E-state index in [4.69, 9.17) is 4.74 Å². The molecule has 0 radical (unpaired) electrons. The lowest BCUT2D eigenvalue weighted by Gasteiger charge is -2.24. The molecule has 7 nitrogen and oxygen atoms in total. The zero-order valence-electron chi connectivity index (χ0n) is 16.9. The molecule has 0 unspecified atom stereocenters. The summed E-state index contributed by atoms with van der Waals surface area (Å²) >= 11 is 0. The largest absolute Gasteiger partial charge is 0.507 e. The van der Waals surface area contributed by atoms with E-state index >= 15 is 0 Å². The highest BCUT2D eigenvalue weighted by molar-refractivity contribution is 6.51. The first-order valence-electron chi connectivity index (χ1n) is 9.58. The molecule has 160 valence electrons. The Morgan fingerprint density at radius 1 is 1.00 bits per heavy atom. The molecule has 3 aromatic rings. The molecule has 2 heterocycles. The number of aliphatic hydroxyl groups is 1. The number of benzene rings is 2. The van der Waals surface area contributed by atoms with Crippen LogP contribution in [-0.2, 0) is 14.3 Å². The molecule has 0 spiro atoms. The number of aliphatic hydroxyl groups excluding tert-OH is 1. The lowest BCUT2D eigenvalue weighted by Crippen LogP contribution is -2.30. The quantitative estimate of drug-likeness (QED) is 0.293. The molecular formula is C24H17FN2O5. The number of pyridine rings is 1. The number of esters is 1. The predicted octanol–water partition coefficient (Wildman–Crippen LogP) is 3.63. The summed E-state index contributed by atoms with van der Waals surface area (Å²) in [5.74, 6) is -3.04. The molecule has 1 saturated heterocycles. The Balaban J connectivity index is 1.90. The van der Waals surface area contributed by atoms with Crippen molar-refractivity contribution in [1.82, 2.24) is 4.98 Å². The van der Waals surface area contributed by atoms with Gasteiger partial charge in [0.1, 0.15) is 17.4 Å². The third-order valence-corrected chi connectivity index (χ3v) is 5.11. The molecule has 8 heteroatoms. The Morgan fingerprint density at radius 2 is 1.66 bits per heavy atom. The second kappa shape index (κ2) is 8.43. The number of carbonyl (C=O) groups is 3. The van der Waals surface area contributed by atoms with Crippen molar-refractivity contribution in [3.05, 3.63) is 101 Å². The maximum atomic E-state index is 13.4. The van der Waals surface area contributed by atoms with Gasteiger partial charge in [-0.3, -0.25) is 14.5 Å². The van der Waals surface area contributed by atoms with Gasteiger partial charge in [-0.1, -0.05) is 18.2 Å². The molecule has 2 aromatic carbocycles. The second-order valence-electron chi connectivity index (χ2n) is 6.98. The van der Waals surface area contributed by atoms with Crippen LogP contribution >= 0.6 is 0 Å². The number of Topliss-reactive ketones (excluding diaryl/α,β-unsaturated/α-hetero) is 1. The Morgan fingerprint density at radius 3 is 2.25 bits per heavy atom. The van der Waals surface area contributed by atoms with E-state index in [1.165, 1.54) is 42.5 Å². The number of ether oxygens (including phenoxy) is 1. The monoisotopic (exact) mass is 432 g/mol. The smallest absolute Gasteiger partial charge is 0.337 e. The molecule has 1 amide bonds. The van der Waals surface area contributed by atoms with Crippen molar-refractivity contribution in [2.45, 2.75) is 6.04 Å². The summed E-state index contributed by atoms with van der Waals surface area (Å²) in [7, 11) is 1.26. The number of hydrogen-bond donors (Lipinski definition) is 1. The average Bonchev–Trinajstić information content (AvgIpc) is 3.09. The normalized spacial score (nSPS) is 17.4. The fourth-order valence-electron chi connectivity index (χ4n) is 3.56. The molecule has 0 aliphatic carbocycles. The third kappa shape index (κ3) is 3.62. The number of hydrogen-bond acceptors (Lipinski definition) is 6. The van der Waals surface area contributed by atoms with E-state index in [0.29, 0.717) is 5.56 Å². The molecule has 1 fully saturated rings. The fourth-order valence-corrected chi connectivity index (χ4v) is 3.56. The molecule has 0 bridgehead atoms. The van der Waals surface area contributed by atoms with Crippen molar-refractivity contribution in [1.29, 1.82) is 0 Å². The lowest BCUT2D eigenvalue weighted by atomic mass is 9.94. The van der Waals surface area contributed by atoms with Crippen molar-refractivity contribution in [3.63, 3.8) is 0 Å². The van der Waals surface area contributed by atoms with Crippen molar-refractivity contribution < 1.29 is 28.6 Å². The minimum atomic E-state index is -1.01. The van der Waals surface area contributed by atoms with Gasteiger partial charge < -0.3 is 9.84 Å². The summed E-state index contributed by atoms with van der Waals surface area (Å²) in [6.45, 7) is 0. The highest BCUT2D eigenvalue weighted by Crippen LogP contribution is 2.41. The summed E-state index contributed by atoms with van der Waals surface area (Å²) in [6, 6.07) is 14.9. The average molecular weight is 432 g/mol. The van der Waals surface area contributed by atoms with Crippen LogP contribution in [0.15, 0.2) is 78.5 Å². The maximum absolute atomic E-state index is 13.4. The number of carbonyl (C=O) groups excluding carboxylic acids is 3. The number of amides is 1. The first-order chi connectivity index (χ1) is 15.4. The van der Waals surface area contributed by atoms with E-state index in [-0.39, 0.29) is 22.5 Å². The van der Waals surface area contributed by atoms with Gasteiger partial charge in [0.15, 0.2) is 0 Å². The van der Waals surface area contributed by atoms with Crippen LogP contribution in [0, 0.1) is 5.82 Å². The van der Waals surface area contributed by atoms with Gasteiger partial charge in [-0.2, -0.15) is 0 Å². The van der Waals surface area contributed by atoms with Crippen LogP contribution in [0.2, 0.25) is 0 Å². The van der Waals surface area contributed by atoms with Gasteiger partial charge in [-0.25, -0.2) is 14.2 Å². The van der Waals surface area contributed by atoms with Crippen molar-refractivity contribution in [3.8, 4) is 0 Å². The van der Waals surface area contributed by atoms with E-state index in [0.717, 1.165) is 12.1 Å². The van der Waals surface area contributed by atoms with Crippen molar-refractivity contribution >= 4 is 29.2 Å². The number of halogens is 1. The Kier molecular flexibility index (Phi) is 5.51. The van der Waals surface area contributed by atoms with E-state index in [1.54, 1.807) is 30.3 Å². The molecule has 4 rings (SSSR count). The minimum absolute atomic E-state index is 0.168. The fraction of sp³-hybridized carbons (Fsp3) is 0.0833. The standard InChI is InChI=1S/C24H17FN2O5/c1-32-24(31)16-7-5-14(6-8-16)20-19(21(28)15-9-11-17(25)12-10-15)22(29)23(30)27(20)18-4-2-3-13-26-18/h2-13,20,28H,1H3/b21-19+/t20-/m1/s1. The molecule has 1 aliphatic heterocycles. The van der Waals surface area contributed by atoms with Crippen LogP contribution in [0.5, 0.6) is 0 Å². The van der Waals surface area contributed by atoms with Crippen molar-refractivity contribution in [2.75, 3.05) is 12.0 Å². The number of methoxy groups -OCH3 is 1. The number of nitrogens with zero attached hydrogens (tertiary/aromatic N) is 2. The van der Waals surface area contributed by atoms with Gasteiger partial charge in [0.2, 0.25) is 0 Å². The number of anilines is 1. The van der Waals surface area contributed by atoms with Gasteiger partial charge in [-0.05, 0) is 54.1 Å². The summed E-state index contributed by atoms with van der Waals surface area (Å²) in [5, 5.41) is 10.9. The summed E-state index contributed by atoms with van der Waals surface area (Å²) in [5.41, 5.74) is 0.760. The van der Waals surface area contributed by atoms with Crippen LogP contribution in [0.25, 0.3) is 5.76 Å². The first kappa shape index (κ1) is 20.9. The van der Waals surface area contributed by atoms with Crippen LogP contribution in [-0.4, -0.2) is 34.9 Å².